The number of hydrogen-bond acceptors (Lipinski definition) is 4. The number of fused-ring (bicyclic) bond motifs is 1. The van der Waals surface area contributed by atoms with Crippen molar-refractivity contribution < 1.29 is 19.7 Å². The Bertz CT molecular complexity index is 812. The Morgan fingerprint density at radius 3 is 2.56 bits per heavy atom. The third-order valence-electron chi connectivity index (χ3n) is 5.48. The first-order valence-corrected chi connectivity index (χ1v) is 9.64. The summed E-state index contributed by atoms with van der Waals surface area (Å²) in [5.41, 5.74) is 3.24. The van der Waals surface area contributed by atoms with Crippen molar-refractivity contribution in [2.45, 2.75) is 57.6 Å². The van der Waals surface area contributed by atoms with E-state index in [0.29, 0.717) is 18.7 Å². The van der Waals surface area contributed by atoms with Gasteiger partial charge in [-0.1, -0.05) is 49.6 Å². The lowest BCUT2D eigenvalue weighted by Gasteiger charge is -2.25. The molecule has 5 heteroatoms. The molecule has 0 saturated heterocycles. The quantitative estimate of drug-likeness (QED) is 0.787. The average molecular weight is 367 g/mol. The summed E-state index contributed by atoms with van der Waals surface area (Å²) in [6, 6.07) is 12.5. The molecule has 1 atom stereocenters. The maximum Gasteiger partial charge on any atom is 0.254 e. The van der Waals surface area contributed by atoms with E-state index in [4.69, 9.17) is 4.74 Å². The number of ether oxygens (including phenoxy) is 1. The fraction of sp³-hybridized carbons (Fsp3) is 0.409. The van der Waals surface area contributed by atoms with Gasteiger partial charge in [0, 0.05) is 24.2 Å². The topological polar surface area (TPSA) is 70.0 Å². The van der Waals surface area contributed by atoms with Crippen molar-refractivity contribution in [2.24, 2.45) is 0 Å². The molecule has 1 unspecified atom stereocenters. The normalized spacial score (nSPS) is 18.6. The molecule has 1 fully saturated rings. The van der Waals surface area contributed by atoms with Gasteiger partial charge in [0.25, 0.3) is 5.91 Å². The number of aliphatic hydroxyl groups is 1. The summed E-state index contributed by atoms with van der Waals surface area (Å²) in [4.78, 5) is 14.3. The summed E-state index contributed by atoms with van der Waals surface area (Å²) in [6.07, 6.45) is 4.86. The lowest BCUT2D eigenvalue weighted by molar-refractivity contribution is -0.147. The molecule has 4 rings (SSSR count). The molecule has 0 radical (unpaired) electrons. The molecule has 2 aliphatic rings. The van der Waals surface area contributed by atoms with E-state index >= 15 is 0 Å². The second-order valence-corrected chi connectivity index (χ2v) is 7.49. The summed E-state index contributed by atoms with van der Waals surface area (Å²) < 4.78 is 5.79. The molecule has 0 bridgehead atoms. The second-order valence-electron chi connectivity index (χ2n) is 7.49. The van der Waals surface area contributed by atoms with E-state index in [9.17, 15) is 15.0 Å². The van der Waals surface area contributed by atoms with E-state index < -0.39 is 6.29 Å². The number of benzene rings is 2. The van der Waals surface area contributed by atoms with Gasteiger partial charge in [0.2, 0.25) is 0 Å². The zero-order chi connectivity index (χ0) is 18.8. The number of hydrogen-bond donors (Lipinski definition) is 2. The largest absolute Gasteiger partial charge is 0.508 e. The van der Waals surface area contributed by atoms with Crippen LogP contribution in [0.15, 0.2) is 42.5 Å². The Kier molecular flexibility index (Phi) is 5.14. The summed E-state index contributed by atoms with van der Waals surface area (Å²) in [6.45, 7) is 1.04. The molecular formula is C22H25NO4. The fourth-order valence-corrected chi connectivity index (χ4v) is 3.95. The molecule has 27 heavy (non-hydrogen) atoms. The first-order chi connectivity index (χ1) is 13.1. The summed E-state index contributed by atoms with van der Waals surface area (Å²) in [5, 5.41) is 19.9. The average Bonchev–Trinajstić information content (AvgIpc) is 2.98. The van der Waals surface area contributed by atoms with Gasteiger partial charge >= 0.3 is 0 Å². The smallest absolute Gasteiger partial charge is 0.254 e. The van der Waals surface area contributed by atoms with Gasteiger partial charge in [-0.15, -0.1) is 0 Å². The SMILES string of the molecule is O=C1c2cc(O)ccc2CN1Cc1ccc(C(O)OC2CCCCC2)cc1. The van der Waals surface area contributed by atoms with Gasteiger partial charge in [0.1, 0.15) is 5.75 Å². The number of carbonyl (C=O) groups is 1. The Morgan fingerprint density at radius 1 is 1.07 bits per heavy atom. The standard InChI is InChI=1S/C22H25NO4/c24-18-11-10-17-14-23(21(25)20(17)12-18)13-15-6-8-16(9-7-15)22(26)27-19-4-2-1-3-5-19/h6-12,19,22,24,26H,1-5,13-14H2. The van der Waals surface area contributed by atoms with Crippen molar-refractivity contribution in [3.63, 3.8) is 0 Å². The Hall–Kier alpha value is -2.37. The third kappa shape index (κ3) is 3.99. The lowest BCUT2D eigenvalue weighted by Crippen LogP contribution is -2.23. The van der Waals surface area contributed by atoms with Crippen LogP contribution in [0.4, 0.5) is 0 Å². The minimum Gasteiger partial charge on any atom is -0.508 e. The number of phenols is 1. The van der Waals surface area contributed by atoms with E-state index in [1.807, 2.05) is 24.3 Å². The van der Waals surface area contributed by atoms with Gasteiger partial charge in [-0.05, 0) is 36.1 Å². The monoisotopic (exact) mass is 367 g/mol. The predicted octanol–water partition coefficient (Wildman–Crippen LogP) is 3.89. The van der Waals surface area contributed by atoms with Gasteiger partial charge < -0.3 is 19.8 Å². The highest BCUT2D eigenvalue weighted by Crippen LogP contribution is 2.28. The number of nitrogens with zero attached hydrogens (tertiary/aromatic N) is 1. The Balaban J connectivity index is 1.37. The van der Waals surface area contributed by atoms with E-state index in [1.165, 1.54) is 25.3 Å². The van der Waals surface area contributed by atoms with Gasteiger partial charge in [0.05, 0.1) is 6.10 Å². The van der Waals surface area contributed by atoms with Crippen molar-refractivity contribution >= 4 is 5.91 Å². The van der Waals surface area contributed by atoms with Gasteiger partial charge in [0.15, 0.2) is 6.29 Å². The molecule has 2 aromatic carbocycles. The van der Waals surface area contributed by atoms with Crippen LogP contribution in [0, 0.1) is 0 Å². The van der Waals surface area contributed by atoms with Gasteiger partial charge in [-0.2, -0.15) is 0 Å². The van der Waals surface area contributed by atoms with Crippen LogP contribution >= 0.6 is 0 Å². The van der Waals surface area contributed by atoms with E-state index in [2.05, 4.69) is 0 Å². The van der Waals surface area contributed by atoms with Crippen LogP contribution in [0.25, 0.3) is 0 Å². The van der Waals surface area contributed by atoms with Gasteiger partial charge in [-0.25, -0.2) is 0 Å². The lowest BCUT2D eigenvalue weighted by atomic mass is 9.98. The van der Waals surface area contributed by atoms with Crippen LogP contribution in [-0.4, -0.2) is 27.1 Å². The number of aliphatic hydroxyl groups excluding tert-OH is 1. The van der Waals surface area contributed by atoms with Gasteiger partial charge in [-0.3, -0.25) is 4.79 Å². The molecule has 1 heterocycles. The number of amides is 1. The second kappa shape index (κ2) is 7.71. The Morgan fingerprint density at radius 2 is 1.81 bits per heavy atom. The summed E-state index contributed by atoms with van der Waals surface area (Å²) in [7, 11) is 0. The van der Waals surface area contributed by atoms with Crippen molar-refractivity contribution in [3.8, 4) is 5.75 Å². The van der Waals surface area contributed by atoms with Crippen molar-refractivity contribution in [2.75, 3.05) is 0 Å². The highest BCUT2D eigenvalue weighted by molar-refractivity contribution is 5.98. The minimum absolute atomic E-state index is 0.0642. The summed E-state index contributed by atoms with van der Waals surface area (Å²) >= 11 is 0. The molecule has 1 aliphatic carbocycles. The predicted molar refractivity (Wildman–Crippen MR) is 101 cm³/mol. The van der Waals surface area contributed by atoms with Crippen molar-refractivity contribution in [1.29, 1.82) is 0 Å². The maximum absolute atomic E-state index is 12.5. The van der Waals surface area contributed by atoms with E-state index in [-0.39, 0.29) is 17.8 Å². The highest BCUT2D eigenvalue weighted by atomic mass is 16.6. The number of carbonyl (C=O) groups excluding carboxylic acids is 1. The molecule has 1 aliphatic heterocycles. The summed E-state index contributed by atoms with van der Waals surface area (Å²) in [5.74, 6) is 0.0471. The molecule has 142 valence electrons. The van der Waals surface area contributed by atoms with Crippen LogP contribution < -0.4 is 0 Å². The maximum atomic E-state index is 12.5. The first-order valence-electron chi connectivity index (χ1n) is 9.64. The van der Waals surface area contributed by atoms with E-state index in [1.54, 1.807) is 17.0 Å². The minimum atomic E-state index is -0.900. The molecule has 1 amide bonds. The van der Waals surface area contributed by atoms with Crippen molar-refractivity contribution in [1.82, 2.24) is 4.90 Å². The zero-order valence-corrected chi connectivity index (χ0v) is 15.3. The van der Waals surface area contributed by atoms with E-state index in [0.717, 1.165) is 29.5 Å². The zero-order valence-electron chi connectivity index (χ0n) is 15.3. The molecular weight excluding hydrogens is 342 g/mol. The Labute approximate surface area is 159 Å². The first kappa shape index (κ1) is 18.0. The highest BCUT2D eigenvalue weighted by Gasteiger charge is 2.27. The molecule has 0 aromatic heterocycles. The molecule has 0 spiro atoms. The third-order valence-corrected chi connectivity index (χ3v) is 5.48. The van der Waals surface area contributed by atoms with Crippen LogP contribution in [0.1, 0.15) is 65.4 Å². The van der Waals surface area contributed by atoms with Crippen LogP contribution in [0.5, 0.6) is 5.75 Å². The number of rotatable bonds is 5. The number of phenolic OH excluding ortho intramolecular Hbond substituents is 1. The van der Waals surface area contributed by atoms with Crippen LogP contribution in [0.3, 0.4) is 0 Å². The van der Waals surface area contributed by atoms with Crippen LogP contribution in [0.2, 0.25) is 0 Å². The number of aromatic hydroxyl groups is 1. The molecule has 2 N–H and O–H groups in total. The van der Waals surface area contributed by atoms with Crippen LogP contribution in [-0.2, 0) is 17.8 Å². The molecule has 5 nitrogen and oxygen atoms in total. The molecule has 2 aromatic rings. The molecule has 1 saturated carbocycles. The fourth-order valence-electron chi connectivity index (χ4n) is 3.95. The van der Waals surface area contributed by atoms with Crippen molar-refractivity contribution in [3.05, 3.63) is 64.7 Å².